The van der Waals surface area contributed by atoms with Crippen LogP contribution in [-0.2, 0) is 19.4 Å². The van der Waals surface area contributed by atoms with Crippen LogP contribution in [0.15, 0.2) is 53.5 Å². The number of benzene rings is 1. The van der Waals surface area contributed by atoms with Crippen LogP contribution in [0, 0.1) is 0 Å². The average molecular weight is 306 g/mol. The third-order valence-electron chi connectivity index (χ3n) is 4.34. The average Bonchev–Trinajstić information content (AvgIpc) is 2.63. The first-order valence-corrected chi connectivity index (χ1v) is 8.02. The largest absolute Gasteiger partial charge is 0.479 e. The molecule has 0 saturated carbocycles. The van der Waals surface area contributed by atoms with E-state index < -0.39 is 0 Å². The molecular formula is C19H18N2O2. The first-order chi connectivity index (χ1) is 11.3. The van der Waals surface area contributed by atoms with E-state index in [9.17, 15) is 4.79 Å². The number of rotatable bonds is 3. The van der Waals surface area contributed by atoms with E-state index in [1.54, 1.807) is 0 Å². The van der Waals surface area contributed by atoms with Crippen LogP contribution in [0.4, 0.5) is 0 Å². The monoisotopic (exact) mass is 306 g/mol. The Balaban J connectivity index is 1.84. The summed E-state index contributed by atoms with van der Waals surface area (Å²) in [4.78, 5) is 17.1. The first-order valence-electron chi connectivity index (χ1n) is 8.02. The fraction of sp³-hybridized carbons (Fsp3) is 0.263. The molecule has 4 heteroatoms. The van der Waals surface area contributed by atoms with Gasteiger partial charge in [-0.05, 0) is 37.1 Å². The molecule has 1 aromatic carbocycles. The molecular weight excluding hydrogens is 288 g/mol. The van der Waals surface area contributed by atoms with Crippen molar-refractivity contribution in [3.8, 4) is 5.88 Å². The Hall–Kier alpha value is -2.62. The van der Waals surface area contributed by atoms with Crippen molar-refractivity contribution in [3.05, 3.63) is 70.1 Å². The number of aromatic nitrogens is 2. The van der Waals surface area contributed by atoms with E-state index in [1.165, 1.54) is 0 Å². The standard InChI is InChI=1S/C19H18N2O2/c22-18-15-7-1-2-9-17(15)21(19-16(18)8-5-13-23-19)12-10-14-6-3-4-11-20-14/h1-4,6-7,9,11H,5,8,10,12-13H2. The Morgan fingerprint density at radius 2 is 2.00 bits per heavy atom. The summed E-state index contributed by atoms with van der Waals surface area (Å²) in [5.41, 5.74) is 2.91. The lowest BCUT2D eigenvalue weighted by Gasteiger charge is -2.23. The molecule has 0 fully saturated rings. The number of pyridine rings is 2. The van der Waals surface area contributed by atoms with Crippen LogP contribution in [0.1, 0.15) is 17.7 Å². The van der Waals surface area contributed by atoms with Gasteiger partial charge in [0.25, 0.3) is 0 Å². The highest BCUT2D eigenvalue weighted by Crippen LogP contribution is 2.27. The Labute approximate surface area is 134 Å². The summed E-state index contributed by atoms with van der Waals surface area (Å²) < 4.78 is 8.01. The van der Waals surface area contributed by atoms with E-state index in [-0.39, 0.29) is 5.43 Å². The molecule has 0 unspecified atom stereocenters. The van der Waals surface area contributed by atoms with E-state index >= 15 is 0 Å². The molecule has 116 valence electrons. The first kappa shape index (κ1) is 14.0. The van der Waals surface area contributed by atoms with Gasteiger partial charge in [0.15, 0.2) is 5.43 Å². The van der Waals surface area contributed by atoms with Gasteiger partial charge in [-0.2, -0.15) is 0 Å². The molecule has 0 atom stereocenters. The molecule has 4 rings (SSSR count). The number of aryl methyl sites for hydroxylation is 2. The Bertz CT molecular complexity index is 900. The molecule has 1 aliphatic heterocycles. The summed E-state index contributed by atoms with van der Waals surface area (Å²) in [6, 6.07) is 13.7. The number of ether oxygens (including phenoxy) is 1. The van der Waals surface area contributed by atoms with Crippen LogP contribution >= 0.6 is 0 Å². The third-order valence-corrected chi connectivity index (χ3v) is 4.34. The number of hydrogen-bond acceptors (Lipinski definition) is 3. The summed E-state index contributed by atoms with van der Waals surface area (Å²) in [7, 11) is 0. The topological polar surface area (TPSA) is 44.1 Å². The highest BCUT2D eigenvalue weighted by atomic mass is 16.5. The molecule has 3 aromatic rings. The lowest BCUT2D eigenvalue weighted by atomic mass is 10.0. The normalized spacial score (nSPS) is 13.6. The SMILES string of the molecule is O=c1c2c(n(CCc3ccccn3)c3ccccc13)OCCC2. The number of nitrogens with zero attached hydrogens (tertiary/aromatic N) is 2. The van der Waals surface area contributed by atoms with Crippen molar-refractivity contribution in [2.45, 2.75) is 25.8 Å². The lowest BCUT2D eigenvalue weighted by Crippen LogP contribution is -2.24. The van der Waals surface area contributed by atoms with Crippen molar-refractivity contribution in [2.24, 2.45) is 0 Å². The minimum absolute atomic E-state index is 0.115. The van der Waals surface area contributed by atoms with Crippen molar-refractivity contribution in [2.75, 3.05) is 6.61 Å². The molecule has 3 heterocycles. The van der Waals surface area contributed by atoms with Crippen LogP contribution in [0.3, 0.4) is 0 Å². The second-order valence-corrected chi connectivity index (χ2v) is 5.80. The van der Waals surface area contributed by atoms with Crippen molar-refractivity contribution >= 4 is 10.9 Å². The lowest BCUT2D eigenvalue weighted by molar-refractivity contribution is 0.261. The Kier molecular flexibility index (Phi) is 3.58. The fourth-order valence-electron chi connectivity index (χ4n) is 3.23. The highest BCUT2D eigenvalue weighted by molar-refractivity contribution is 5.81. The van der Waals surface area contributed by atoms with Crippen LogP contribution in [0.25, 0.3) is 10.9 Å². The van der Waals surface area contributed by atoms with Crippen LogP contribution in [0.5, 0.6) is 5.88 Å². The van der Waals surface area contributed by atoms with Gasteiger partial charge >= 0.3 is 0 Å². The van der Waals surface area contributed by atoms with Gasteiger partial charge in [-0.15, -0.1) is 0 Å². The zero-order chi connectivity index (χ0) is 15.6. The smallest absolute Gasteiger partial charge is 0.201 e. The van der Waals surface area contributed by atoms with Crippen molar-refractivity contribution in [1.29, 1.82) is 0 Å². The zero-order valence-electron chi connectivity index (χ0n) is 12.9. The molecule has 0 saturated heterocycles. The Morgan fingerprint density at radius 1 is 1.13 bits per heavy atom. The molecule has 0 aliphatic carbocycles. The molecule has 23 heavy (non-hydrogen) atoms. The van der Waals surface area contributed by atoms with Gasteiger partial charge in [-0.25, -0.2) is 0 Å². The Morgan fingerprint density at radius 3 is 2.87 bits per heavy atom. The van der Waals surface area contributed by atoms with Gasteiger partial charge in [-0.1, -0.05) is 18.2 Å². The molecule has 0 amide bonds. The molecule has 0 bridgehead atoms. The second-order valence-electron chi connectivity index (χ2n) is 5.80. The molecule has 4 nitrogen and oxygen atoms in total. The summed E-state index contributed by atoms with van der Waals surface area (Å²) in [5.74, 6) is 0.746. The maximum Gasteiger partial charge on any atom is 0.201 e. The number of fused-ring (bicyclic) bond motifs is 2. The maximum absolute atomic E-state index is 12.7. The van der Waals surface area contributed by atoms with E-state index in [1.807, 2.05) is 48.7 Å². The van der Waals surface area contributed by atoms with E-state index in [2.05, 4.69) is 9.55 Å². The zero-order valence-corrected chi connectivity index (χ0v) is 12.9. The predicted molar refractivity (Wildman–Crippen MR) is 90.0 cm³/mol. The highest BCUT2D eigenvalue weighted by Gasteiger charge is 2.20. The van der Waals surface area contributed by atoms with Gasteiger partial charge in [-0.3, -0.25) is 9.78 Å². The van der Waals surface area contributed by atoms with Crippen molar-refractivity contribution in [3.63, 3.8) is 0 Å². The summed E-state index contributed by atoms with van der Waals surface area (Å²) in [5, 5.41) is 0.776. The van der Waals surface area contributed by atoms with Gasteiger partial charge in [0.05, 0.1) is 17.7 Å². The van der Waals surface area contributed by atoms with E-state index in [0.717, 1.165) is 53.8 Å². The van der Waals surface area contributed by atoms with Crippen LogP contribution in [-0.4, -0.2) is 16.2 Å². The molecule has 0 radical (unpaired) electrons. The van der Waals surface area contributed by atoms with Gasteiger partial charge in [0.2, 0.25) is 5.88 Å². The number of hydrogen-bond donors (Lipinski definition) is 0. The number of para-hydroxylation sites is 1. The fourth-order valence-corrected chi connectivity index (χ4v) is 3.23. The quantitative estimate of drug-likeness (QED) is 0.747. The van der Waals surface area contributed by atoms with Crippen LogP contribution < -0.4 is 10.2 Å². The summed E-state index contributed by atoms with van der Waals surface area (Å²) in [6.07, 6.45) is 4.32. The minimum atomic E-state index is 0.115. The second kappa shape index (κ2) is 5.88. The van der Waals surface area contributed by atoms with Crippen molar-refractivity contribution in [1.82, 2.24) is 9.55 Å². The third kappa shape index (κ3) is 2.50. The maximum atomic E-state index is 12.7. The molecule has 0 N–H and O–H groups in total. The summed E-state index contributed by atoms with van der Waals surface area (Å²) >= 11 is 0. The summed E-state index contributed by atoms with van der Waals surface area (Å²) in [6.45, 7) is 1.43. The molecule has 0 spiro atoms. The molecule has 1 aliphatic rings. The van der Waals surface area contributed by atoms with Gasteiger partial charge < -0.3 is 9.30 Å². The van der Waals surface area contributed by atoms with E-state index in [0.29, 0.717) is 6.61 Å². The molecule has 2 aromatic heterocycles. The van der Waals surface area contributed by atoms with E-state index in [4.69, 9.17) is 4.74 Å². The predicted octanol–water partition coefficient (Wildman–Crippen LogP) is 2.96. The van der Waals surface area contributed by atoms with Crippen molar-refractivity contribution < 1.29 is 4.74 Å². The van der Waals surface area contributed by atoms with Gasteiger partial charge in [0.1, 0.15) is 0 Å². The van der Waals surface area contributed by atoms with Crippen LogP contribution in [0.2, 0.25) is 0 Å². The van der Waals surface area contributed by atoms with Gasteiger partial charge in [0, 0.05) is 30.2 Å². The minimum Gasteiger partial charge on any atom is -0.479 e.